The van der Waals surface area contributed by atoms with Crippen molar-refractivity contribution < 1.29 is 0 Å². The van der Waals surface area contributed by atoms with Crippen LogP contribution in [-0.2, 0) is 0 Å². The van der Waals surface area contributed by atoms with E-state index >= 15 is 0 Å². The average molecular weight is 181 g/mol. The van der Waals surface area contributed by atoms with Gasteiger partial charge < -0.3 is 0 Å². The van der Waals surface area contributed by atoms with E-state index in [2.05, 4.69) is 24.2 Å². The third-order valence-corrected chi connectivity index (χ3v) is 9.60. The second-order valence-corrected chi connectivity index (χ2v) is 16.1. The molecular weight excluding hydrogens is 168 g/mol. The summed E-state index contributed by atoms with van der Waals surface area (Å²) < 4.78 is 0.458. The van der Waals surface area contributed by atoms with Crippen LogP contribution in [0, 0.1) is 0 Å². The Balaban J connectivity index is 3.54. The van der Waals surface area contributed by atoms with E-state index in [4.69, 9.17) is 11.6 Å². The molecule has 0 aliphatic rings. The summed E-state index contributed by atoms with van der Waals surface area (Å²) in [7, 11) is 0. The Hall–Kier alpha value is 0.833. The Bertz CT molecular complexity index is 53.6. The van der Waals surface area contributed by atoms with Crippen LogP contribution >= 0.6 is 11.6 Å². The van der Waals surface area contributed by atoms with Crippen LogP contribution in [0.5, 0.6) is 0 Å². The fourth-order valence-electron chi connectivity index (χ4n) is 0. The molecule has 7 heavy (non-hydrogen) atoms. The SMILES string of the molecule is C[CH](Cl)[Ge]([CH3])([CH3])[CH3]. The summed E-state index contributed by atoms with van der Waals surface area (Å²) in [5.41, 5.74) is 0. The van der Waals surface area contributed by atoms with E-state index in [0.29, 0.717) is 4.21 Å². The summed E-state index contributed by atoms with van der Waals surface area (Å²) >= 11 is 4.44. The molecule has 0 aliphatic carbocycles. The molecular formula is C5H13ClGe. The molecule has 0 heterocycles. The van der Waals surface area contributed by atoms with Gasteiger partial charge in [-0.15, -0.1) is 0 Å². The van der Waals surface area contributed by atoms with Crippen LogP contribution in [0.4, 0.5) is 0 Å². The molecule has 44 valence electrons. The molecule has 0 aromatic carbocycles. The first-order valence-corrected chi connectivity index (χ1v) is 10.5. The fraction of sp³-hybridized carbons (Fsp3) is 1.00. The van der Waals surface area contributed by atoms with E-state index in [1.54, 1.807) is 0 Å². The molecule has 0 amide bonds. The molecule has 0 aromatic rings. The van der Waals surface area contributed by atoms with Crippen molar-refractivity contribution in [3.05, 3.63) is 0 Å². The van der Waals surface area contributed by atoms with Crippen LogP contribution in [-0.4, -0.2) is 17.5 Å². The van der Waals surface area contributed by atoms with Crippen LogP contribution in [0.3, 0.4) is 0 Å². The topological polar surface area (TPSA) is 0 Å². The Labute approximate surface area is 53.6 Å². The van der Waals surface area contributed by atoms with E-state index in [-0.39, 0.29) is 0 Å². The van der Waals surface area contributed by atoms with Gasteiger partial charge in [0, 0.05) is 0 Å². The maximum atomic E-state index is 5.84. The molecule has 0 aromatic heterocycles. The first-order chi connectivity index (χ1) is 2.94. The van der Waals surface area contributed by atoms with Gasteiger partial charge in [0.25, 0.3) is 0 Å². The molecule has 1 atom stereocenters. The van der Waals surface area contributed by atoms with Crippen LogP contribution in [0.15, 0.2) is 0 Å². The maximum absolute atomic E-state index is 5.84. The van der Waals surface area contributed by atoms with E-state index in [0.717, 1.165) is 0 Å². The molecule has 0 aliphatic heterocycles. The average Bonchev–Trinajstić information content (AvgIpc) is 1.31. The standard InChI is InChI=1S/C5H13ClGe/c1-5(6)7(2,3)4/h5H,1-4H3. The number of rotatable bonds is 1. The number of halogens is 1. The van der Waals surface area contributed by atoms with E-state index in [9.17, 15) is 0 Å². The summed E-state index contributed by atoms with van der Waals surface area (Å²) in [6, 6.07) is 0. The Morgan fingerprint density at radius 3 is 1.43 bits per heavy atom. The van der Waals surface area contributed by atoms with E-state index in [1.807, 2.05) is 0 Å². The molecule has 0 bridgehead atoms. The van der Waals surface area contributed by atoms with E-state index < -0.39 is 13.3 Å². The van der Waals surface area contributed by atoms with Gasteiger partial charge >= 0.3 is 53.3 Å². The summed E-state index contributed by atoms with van der Waals surface area (Å²) in [5.74, 6) is 6.95. The van der Waals surface area contributed by atoms with Crippen molar-refractivity contribution in [3.63, 3.8) is 0 Å². The molecule has 0 fully saturated rings. The predicted molar refractivity (Wildman–Crippen MR) is 38.7 cm³/mol. The second kappa shape index (κ2) is 2.40. The molecule has 0 rings (SSSR count). The predicted octanol–water partition coefficient (Wildman–Crippen LogP) is 2.49. The van der Waals surface area contributed by atoms with Gasteiger partial charge in [-0.3, -0.25) is 0 Å². The minimum atomic E-state index is -1.40. The minimum absolute atomic E-state index is 0.458. The van der Waals surface area contributed by atoms with Crippen molar-refractivity contribution in [2.75, 3.05) is 0 Å². The number of hydrogen-bond acceptors (Lipinski definition) is 0. The van der Waals surface area contributed by atoms with Gasteiger partial charge in [0.05, 0.1) is 0 Å². The van der Waals surface area contributed by atoms with Gasteiger partial charge in [-0.25, -0.2) is 0 Å². The fourth-order valence-corrected chi connectivity index (χ4v) is 0. The van der Waals surface area contributed by atoms with Gasteiger partial charge in [-0.05, 0) is 0 Å². The molecule has 0 spiro atoms. The van der Waals surface area contributed by atoms with Crippen molar-refractivity contribution in [2.24, 2.45) is 0 Å². The van der Waals surface area contributed by atoms with E-state index in [1.165, 1.54) is 0 Å². The Morgan fingerprint density at radius 2 is 1.43 bits per heavy atom. The first kappa shape index (κ1) is 7.83. The van der Waals surface area contributed by atoms with Gasteiger partial charge in [0.15, 0.2) is 0 Å². The Kier molecular flexibility index (Phi) is 2.69. The Morgan fingerprint density at radius 1 is 1.29 bits per heavy atom. The molecule has 0 radical (unpaired) electrons. The molecule has 0 saturated carbocycles. The van der Waals surface area contributed by atoms with Crippen LogP contribution in [0.1, 0.15) is 6.92 Å². The number of alkyl halides is 1. The third kappa shape index (κ3) is 3.42. The summed E-state index contributed by atoms with van der Waals surface area (Å²) in [6.45, 7) is 2.10. The van der Waals surface area contributed by atoms with Crippen molar-refractivity contribution in [1.82, 2.24) is 0 Å². The zero-order valence-corrected chi connectivity index (χ0v) is 8.31. The zero-order chi connectivity index (χ0) is 6.08. The van der Waals surface area contributed by atoms with Gasteiger partial charge in [-0.1, -0.05) is 0 Å². The van der Waals surface area contributed by atoms with Crippen molar-refractivity contribution >= 4 is 24.9 Å². The van der Waals surface area contributed by atoms with Crippen LogP contribution < -0.4 is 0 Å². The van der Waals surface area contributed by atoms with Gasteiger partial charge in [-0.2, -0.15) is 0 Å². The van der Waals surface area contributed by atoms with Gasteiger partial charge in [0.2, 0.25) is 0 Å². The van der Waals surface area contributed by atoms with Crippen molar-refractivity contribution in [2.45, 2.75) is 28.4 Å². The van der Waals surface area contributed by atoms with Crippen molar-refractivity contribution in [3.8, 4) is 0 Å². The van der Waals surface area contributed by atoms with Crippen LogP contribution in [0.2, 0.25) is 17.3 Å². The quantitative estimate of drug-likeness (QED) is 0.430. The normalized spacial score (nSPS) is 16.7. The molecule has 1 unspecified atom stereocenters. The number of hydrogen-bond donors (Lipinski definition) is 0. The molecule has 0 N–H and O–H groups in total. The summed E-state index contributed by atoms with van der Waals surface area (Å²) in [6.07, 6.45) is 0. The molecule has 2 heteroatoms. The monoisotopic (exact) mass is 182 g/mol. The van der Waals surface area contributed by atoms with Gasteiger partial charge in [0.1, 0.15) is 0 Å². The zero-order valence-electron chi connectivity index (χ0n) is 5.46. The second-order valence-electron chi connectivity index (χ2n) is 2.98. The molecule has 0 nitrogen and oxygen atoms in total. The summed E-state index contributed by atoms with van der Waals surface area (Å²) in [4.78, 5) is 0. The van der Waals surface area contributed by atoms with Crippen LogP contribution in [0.25, 0.3) is 0 Å². The molecule has 0 saturated heterocycles. The summed E-state index contributed by atoms with van der Waals surface area (Å²) in [5, 5.41) is 0. The first-order valence-electron chi connectivity index (χ1n) is 2.58. The third-order valence-electron chi connectivity index (χ3n) is 1.19. The van der Waals surface area contributed by atoms with Crippen molar-refractivity contribution in [1.29, 1.82) is 0 Å².